The molecule has 0 spiro atoms. The van der Waals surface area contributed by atoms with Gasteiger partial charge >= 0.3 is 6.18 Å². The number of aldehydes is 1. The van der Waals surface area contributed by atoms with Crippen LogP contribution in [0.25, 0.3) is 0 Å². The van der Waals surface area contributed by atoms with E-state index in [1.165, 1.54) is 18.2 Å². The van der Waals surface area contributed by atoms with Crippen LogP contribution < -0.4 is 9.64 Å². The number of aryl methyl sites for hydroxylation is 2. The summed E-state index contributed by atoms with van der Waals surface area (Å²) < 4.78 is 59.1. The van der Waals surface area contributed by atoms with E-state index in [9.17, 15) is 22.4 Å². The number of para-hydroxylation sites is 1. The first kappa shape index (κ1) is 23.8. The second-order valence-electron chi connectivity index (χ2n) is 8.40. The minimum absolute atomic E-state index is 0.176. The van der Waals surface area contributed by atoms with Gasteiger partial charge in [-0.1, -0.05) is 36.4 Å². The Balaban J connectivity index is 1.50. The van der Waals surface area contributed by atoms with Crippen LogP contribution in [0, 0.1) is 5.82 Å². The van der Waals surface area contributed by atoms with Crippen LogP contribution in [-0.2, 0) is 37.0 Å². The van der Waals surface area contributed by atoms with Crippen molar-refractivity contribution >= 4 is 12.0 Å². The molecule has 4 rings (SSSR count). The number of nitrogens with zero attached hydrogens (tertiary/aromatic N) is 1. The number of carbonyl (C=O) groups excluding carboxylic acids is 1. The van der Waals surface area contributed by atoms with Gasteiger partial charge in [-0.05, 0) is 65.8 Å². The van der Waals surface area contributed by atoms with Gasteiger partial charge in [-0.15, -0.1) is 0 Å². The number of anilines is 1. The predicted octanol–water partition coefficient (Wildman–Crippen LogP) is 6.51. The molecule has 34 heavy (non-hydrogen) atoms. The first-order valence-electron chi connectivity index (χ1n) is 11.2. The second-order valence-corrected chi connectivity index (χ2v) is 8.40. The van der Waals surface area contributed by atoms with Gasteiger partial charge in [-0.2, -0.15) is 13.2 Å². The quantitative estimate of drug-likeness (QED) is 0.277. The molecule has 0 unspecified atom stereocenters. The lowest BCUT2D eigenvalue weighted by atomic mass is 10.00. The van der Waals surface area contributed by atoms with Gasteiger partial charge in [0.05, 0.1) is 11.3 Å². The van der Waals surface area contributed by atoms with E-state index < -0.39 is 11.7 Å². The summed E-state index contributed by atoms with van der Waals surface area (Å²) in [6.07, 6.45) is -1.13. The third-order valence-electron chi connectivity index (χ3n) is 5.97. The summed E-state index contributed by atoms with van der Waals surface area (Å²) in [4.78, 5) is 12.7. The molecule has 1 aliphatic rings. The Hall–Kier alpha value is -3.35. The second kappa shape index (κ2) is 10.3. The number of rotatable bonds is 8. The Labute approximate surface area is 196 Å². The van der Waals surface area contributed by atoms with E-state index in [-0.39, 0.29) is 18.8 Å². The van der Waals surface area contributed by atoms with Crippen LogP contribution in [0.1, 0.15) is 40.7 Å². The molecule has 0 atom stereocenters. The zero-order valence-corrected chi connectivity index (χ0v) is 18.6. The monoisotopic (exact) mass is 471 g/mol. The van der Waals surface area contributed by atoms with Crippen LogP contribution in [0.3, 0.4) is 0 Å². The van der Waals surface area contributed by atoms with Crippen molar-refractivity contribution in [2.24, 2.45) is 0 Å². The maximum Gasteiger partial charge on any atom is 0.416 e. The van der Waals surface area contributed by atoms with Gasteiger partial charge in [0.25, 0.3) is 0 Å². The molecule has 3 nitrogen and oxygen atoms in total. The van der Waals surface area contributed by atoms with Gasteiger partial charge in [0.1, 0.15) is 24.5 Å². The molecular formula is C27H25F4NO2. The summed E-state index contributed by atoms with van der Waals surface area (Å²) in [5, 5.41) is 0. The molecule has 0 aliphatic carbocycles. The van der Waals surface area contributed by atoms with Gasteiger partial charge in [0.2, 0.25) is 0 Å². The molecule has 0 radical (unpaired) electrons. The topological polar surface area (TPSA) is 29.5 Å². The van der Waals surface area contributed by atoms with Crippen molar-refractivity contribution in [3.05, 3.63) is 94.3 Å². The lowest BCUT2D eigenvalue weighted by molar-refractivity contribution is -0.137. The summed E-state index contributed by atoms with van der Waals surface area (Å²) in [5.41, 5.74) is 3.33. The Morgan fingerprint density at radius 1 is 1.00 bits per heavy atom. The lowest BCUT2D eigenvalue weighted by Gasteiger charge is -2.33. The number of hydrogen-bond donors (Lipinski definition) is 0. The van der Waals surface area contributed by atoms with Crippen LogP contribution in [0.5, 0.6) is 5.75 Å². The van der Waals surface area contributed by atoms with E-state index in [0.29, 0.717) is 29.8 Å². The fourth-order valence-electron chi connectivity index (χ4n) is 4.25. The van der Waals surface area contributed by atoms with E-state index in [1.807, 2.05) is 18.2 Å². The van der Waals surface area contributed by atoms with E-state index in [0.717, 1.165) is 54.6 Å². The number of hydrogen-bond acceptors (Lipinski definition) is 3. The van der Waals surface area contributed by atoms with Crippen LogP contribution >= 0.6 is 0 Å². The number of fused-ring (bicyclic) bond motifs is 1. The molecule has 0 amide bonds. The summed E-state index contributed by atoms with van der Waals surface area (Å²) in [7, 11) is 0. The van der Waals surface area contributed by atoms with Crippen molar-refractivity contribution in [2.45, 2.75) is 45.0 Å². The highest BCUT2D eigenvalue weighted by Crippen LogP contribution is 2.38. The molecule has 178 valence electrons. The minimum Gasteiger partial charge on any atom is -0.487 e. The SMILES string of the molecule is O=CCCc1ccc(COc2cccc3c2N(Cc2ccc(C(F)(F)F)cc2)CCC3)cc1F. The lowest BCUT2D eigenvalue weighted by Crippen LogP contribution is -2.29. The average molecular weight is 471 g/mol. The number of ether oxygens (including phenoxy) is 1. The van der Waals surface area contributed by atoms with Gasteiger partial charge in [0.15, 0.2) is 0 Å². The van der Waals surface area contributed by atoms with Crippen molar-refractivity contribution < 1.29 is 27.1 Å². The fraction of sp³-hybridized carbons (Fsp3) is 0.296. The Kier molecular flexibility index (Phi) is 7.20. The molecule has 0 saturated carbocycles. The van der Waals surface area contributed by atoms with E-state index in [2.05, 4.69) is 4.90 Å². The third kappa shape index (κ3) is 5.58. The number of halogens is 4. The highest BCUT2D eigenvalue weighted by atomic mass is 19.4. The van der Waals surface area contributed by atoms with Crippen molar-refractivity contribution in [3.63, 3.8) is 0 Å². The van der Waals surface area contributed by atoms with Crippen LogP contribution in [0.15, 0.2) is 60.7 Å². The predicted molar refractivity (Wildman–Crippen MR) is 122 cm³/mol. The van der Waals surface area contributed by atoms with Gasteiger partial charge < -0.3 is 14.4 Å². The van der Waals surface area contributed by atoms with Crippen molar-refractivity contribution in [2.75, 3.05) is 11.4 Å². The highest BCUT2D eigenvalue weighted by Gasteiger charge is 2.30. The number of alkyl halides is 3. The summed E-state index contributed by atoms with van der Waals surface area (Å²) in [6, 6.07) is 15.9. The van der Waals surface area contributed by atoms with E-state index in [1.54, 1.807) is 12.1 Å². The van der Waals surface area contributed by atoms with Gasteiger partial charge in [0, 0.05) is 19.5 Å². The highest BCUT2D eigenvalue weighted by molar-refractivity contribution is 5.65. The molecule has 3 aromatic rings. The molecule has 7 heteroatoms. The summed E-state index contributed by atoms with van der Waals surface area (Å²) in [6.45, 7) is 1.40. The van der Waals surface area contributed by atoms with Gasteiger partial charge in [-0.25, -0.2) is 4.39 Å². The summed E-state index contributed by atoms with van der Waals surface area (Å²) >= 11 is 0. The van der Waals surface area contributed by atoms with Crippen molar-refractivity contribution in [3.8, 4) is 5.75 Å². The Bertz CT molecular complexity index is 1140. The molecule has 0 aromatic heterocycles. The zero-order valence-electron chi connectivity index (χ0n) is 18.6. The van der Waals surface area contributed by atoms with Crippen molar-refractivity contribution in [1.29, 1.82) is 0 Å². The first-order chi connectivity index (χ1) is 16.3. The molecular weight excluding hydrogens is 446 g/mol. The molecule has 3 aromatic carbocycles. The summed E-state index contributed by atoms with van der Waals surface area (Å²) in [5.74, 6) is 0.302. The smallest absolute Gasteiger partial charge is 0.416 e. The normalized spacial score (nSPS) is 13.5. The molecule has 0 bridgehead atoms. The average Bonchev–Trinajstić information content (AvgIpc) is 2.82. The van der Waals surface area contributed by atoms with Crippen LogP contribution in [-0.4, -0.2) is 12.8 Å². The maximum absolute atomic E-state index is 14.3. The minimum atomic E-state index is -4.36. The molecule has 1 heterocycles. The van der Waals surface area contributed by atoms with Crippen LogP contribution in [0.4, 0.5) is 23.2 Å². The Morgan fingerprint density at radius 3 is 2.47 bits per heavy atom. The number of benzene rings is 3. The van der Waals surface area contributed by atoms with Crippen molar-refractivity contribution in [1.82, 2.24) is 0 Å². The third-order valence-corrected chi connectivity index (χ3v) is 5.97. The number of carbonyl (C=O) groups is 1. The first-order valence-corrected chi connectivity index (χ1v) is 11.2. The molecule has 0 fully saturated rings. The maximum atomic E-state index is 14.3. The zero-order chi connectivity index (χ0) is 24.1. The Morgan fingerprint density at radius 2 is 1.76 bits per heavy atom. The standard InChI is InChI=1S/C27H25F4NO2/c28-24-16-20(8-11-21(24)6-3-15-33)18-34-25-7-1-4-22-5-2-14-32(26(22)25)17-19-9-12-23(13-10-19)27(29,30)31/h1,4,7-13,15-16H,2-3,5-6,14,17-18H2. The largest absolute Gasteiger partial charge is 0.487 e. The molecule has 0 saturated heterocycles. The fourth-order valence-corrected chi connectivity index (χ4v) is 4.25. The van der Waals surface area contributed by atoms with E-state index in [4.69, 9.17) is 4.74 Å². The van der Waals surface area contributed by atoms with Gasteiger partial charge in [-0.3, -0.25) is 0 Å². The molecule has 0 N–H and O–H groups in total. The molecule has 1 aliphatic heterocycles. The van der Waals surface area contributed by atoms with E-state index >= 15 is 0 Å². The van der Waals surface area contributed by atoms with Crippen LogP contribution in [0.2, 0.25) is 0 Å².